The molecule has 0 unspecified atom stereocenters. The first-order chi connectivity index (χ1) is 9.84. The van der Waals surface area contributed by atoms with Gasteiger partial charge in [-0.3, -0.25) is 0 Å². The number of halogens is 1. The quantitative estimate of drug-likeness (QED) is 0.700. The maximum Gasteiger partial charge on any atom is 0.175 e. The van der Waals surface area contributed by atoms with Crippen LogP contribution in [0.1, 0.15) is 0 Å². The fraction of sp³-hybridized carbons (Fsp3) is 0.133. The van der Waals surface area contributed by atoms with E-state index in [-0.39, 0.29) is 0 Å². The van der Waals surface area contributed by atoms with Crippen molar-refractivity contribution in [3.05, 3.63) is 47.1 Å². The number of fused-ring (bicyclic) bond motifs is 1. The van der Waals surface area contributed by atoms with Crippen LogP contribution in [0.3, 0.4) is 0 Å². The number of nitrogens with zero attached hydrogens (tertiary/aromatic N) is 2. The Bertz CT molecular complexity index is 883. The standard InChI is InChI=1S/C15H13BrN2O2S/c1-18-9-11(16)7-14-15(18)8-13(17-14)10-3-5-12(6-4-10)21(2,19)20/h3-9H,1-2H3. The summed E-state index contributed by atoms with van der Waals surface area (Å²) in [7, 11) is -1.21. The normalized spacial score (nSPS) is 12.0. The Morgan fingerprint density at radius 3 is 2.38 bits per heavy atom. The van der Waals surface area contributed by atoms with Gasteiger partial charge in [0.05, 0.1) is 22.0 Å². The second-order valence-corrected chi connectivity index (χ2v) is 7.91. The first-order valence-electron chi connectivity index (χ1n) is 6.28. The van der Waals surface area contributed by atoms with Crippen molar-refractivity contribution >= 4 is 25.8 Å². The molecule has 0 spiro atoms. The van der Waals surface area contributed by atoms with Crippen LogP contribution in [-0.4, -0.2) is 24.2 Å². The van der Waals surface area contributed by atoms with Crippen molar-refractivity contribution in [1.29, 1.82) is 0 Å². The molecule has 3 rings (SSSR count). The molecule has 0 radical (unpaired) electrons. The Morgan fingerprint density at radius 1 is 1.10 bits per heavy atom. The van der Waals surface area contributed by atoms with Gasteiger partial charge in [0.1, 0.15) is 0 Å². The van der Waals surface area contributed by atoms with E-state index in [2.05, 4.69) is 20.9 Å². The van der Waals surface area contributed by atoms with Crippen LogP contribution in [0.2, 0.25) is 0 Å². The van der Waals surface area contributed by atoms with Crippen molar-refractivity contribution in [2.45, 2.75) is 4.90 Å². The lowest BCUT2D eigenvalue weighted by atomic mass is 10.1. The Morgan fingerprint density at radius 2 is 1.76 bits per heavy atom. The summed E-state index contributed by atoms with van der Waals surface area (Å²) in [6.07, 6.45) is 3.18. The number of pyridine rings is 1. The van der Waals surface area contributed by atoms with Crippen LogP contribution >= 0.6 is 15.9 Å². The third-order valence-electron chi connectivity index (χ3n) is 3.33. The predicted molar refractivity (Wildman–Crippen MR) is 86.1 cm³/mol. The van der Waals surface area contributed by atoms with Crippen LogP contribution < -0.4 is 0 Å². The Labute approximate surface area is 131 Å². The molecule has 0 aliphatic carbocycles. The van der Waals surface area contributed by atoms with E-state index >= 15 is 0 Å². The molecule has 1 aromatic carbocycles. The maximum atomic E-state index is 11.5. The van der Waals surface area contributed by atoms with Crippen molar-refractivity contribution in [2.24, 2.45) is 7.05 Å². The summed E-state index contributed by atoms with van der Waals surface area (Å²) in [5, 5.41) is 0. The molecule has 0 saturated carbocycles. The van der Waals surface area contributed by atoms with Gasteiger partial charge in [-0.25, -0.2) is 13.4 Å². The number of benzene rings is 1. The van der Waals surface area contributed by atoms with E-state index in [1.807, 2.05) is 29.9 Å². The number of aromatic nitrogens is 2. The molecule has 2 aliphatic rings. The van der Waals surface area contributed by atoms with Gasteiger partial charge in [0.25, 0.3) is 0 Å². The van der Waals surface area contributed by atoms with E-state index in [1.54, 1.807) is 24.3 Å². The highest BCUT2D eigenvalue weighted by molar-refractivity contribution is 9.10. The Balaban J connectivity index is 2.09. The first kappa shape index (κ1) is 14.3. The molecule has 0 bridgehead atoms. The zero-order chi connectivity index (χ0) is 15.2. The number of hydrogen-bond donors (Lipinski definition) is 0. The molecule has 108 valence electrons. The average molecular weight is 365 g/mol. The predicted octanol–water partition coefficient (Wildman–Crippen LogP) is 3.36. The lowest BCUT2D eigenvalue weighted by Crippen LogP contribution is -1.96. The van der Waals surface area contributed by atoms with Crippen LogP contribution in [0.15, 0.2) is 52.0 Å². The molecule has 21 heavy (non-hydrogen) atoms. The molecule has 0 amide bonds. The van der Waals surface area contributed by atoms with Crippen LogP contribution in [0.5, 0.6) is 0 Å². The van der Waals surface area contributed by atoms with Gasteiger partial charge in [0, 0.05) is 29.5 Å². The van der Waals surface area contributed by atoms with E-state index in [9.17, 15) is 8.42 Å². The zero-order valence-corrected chi connectivity index (χ0v) is 13.9. The van der Waals surface area contributed by atoms with E-state index < -0.39 is 9.84 Å². The van der Waals surface area contributed by atoms with Crippen molar-refractivity contribution < 1.29 is 8.42 Å². The summed E-state index contributed by atoms with van der Waals surface area (Å²) >= 11 is 3.45. The van der Waals surface area contributed by atoms with Crippen LogP contribution in [0.4, 0.5) is 0 Å². The summed E-state index contributed by atoms with van der Waals surface area (Å²) < 4.78 is 25.9. The molecule has 0 saturated heterocycles. The SMILES string of the molecule is Cn1cc(Br)cc2nc(-c3ccc(S(C)(=O)=O)cc3)cc1-2. The zero-order valence-electron chi connectivity index (χ0n) is 11.5. The molecule has 0 N–H and O–H groups in total. The lowest BCUT2D eigenvalue weighted by Gasteiger charge is -2.05. The van der Waals surface area contributed by atoms with E-state index in [0.29, 0.717) is 4.90 Å². The summed E-state index contributed by atoms with van der Waals surface area (Å²) in [4.78, 5) is 4.91. The molecule has 1 aromatic rings. The number of rotatable bonds is 2. The highest BCUT2D eigenvalue weighted by Crippen LogP contribution is 2.30. The number of aryl methyl sites for hydroxylation is 1. The Kier molecular flexibility index (Phi) is 3.37. The highest BCUT2D eigenvalue weighted by Gasteiger charge is 2.14. The van der Waals surface area contributed by atoms with Gasteiger partial charge in [-0.05, 0) is 40.2 Å². The largest absolute Gasteiger partial charge is 0.348 e. The molecule has 0 aromatic heterocycles. The van der Waals surface area contributed by atoms with Gasteiger partial charge >= 0.3 is 0 Å². The molecule has 0 atom stereocenters. The van der Waals surface area contributed by atoms with Crippen molar-refractivity contribution in [2.75, 3.05) is 6.26 Å². The molecular weight excluding hydrogens is 352 g/mol. The number of sulfone groups is 1. The minimum absolute atomic E-state index is 0.315. The molecule has 4 nitrogen and oxygen atoms in total. The van der Waals surface area contributed by atoms with Crippen LogP contribution in [-0.2, 0) is 16.9 Å². The lowest BCUT2D eigenvalue weighted by molar-refractivity contribution is 0.602. The molecular formula is C15H13BrN2O2S. The third kappa shape index (κ3) is 2.73. The maximum absolute atomic E-state index is 11.5. The summed E-state index contributed by atoms with van der Waals surface area (Å²) in [6.45, 7) is 0. The van der Waals surface area contributed by atoms with Gasteiger partial charge in [0.2, 0.25) is 0 Å². The summed E-state index contributed by atoms with van der Waals surface area (Å²) in [6, 6.07) is 10.8. The van der Waals surface area contributed by atoms with Crippen molar-refractivity contribution in [3.8, 4) is 22.6 Å². The van der Waals surface area contributed by atoms with Gasteiger partial charge < -0.3 is 4.57 Å². The van der Waals surface area contributed by atoms with Crippen molar-refractivity contribution in [1.82, 2.24) is 9.55 Å². The Hall–Kier alpha value is -1.66. The van der Waals surface area contributed by atoms with Gasteiger partial charge in [0.15, 0.2) is 9.84 Å². The van der Waals surface area contributed by atoms with Gasteiger partial charge in [-0.15, -0.1) is 0 Å². The van der Waals surface area contributed by atoms with E-state index in [1.165, 1.54) is 6.26 Å². The highest BCUT2D eigenvalue weighted by atomic mass is 79.9. The van der Waals surface area contributed by atoms with Gasteiger partial charge in [-0.2, -0.15) is 0 Å². The summed E-state index contributed by atoms with van der Waals surface area (Å²) in [5.41, 5.74) is 3.66. The molecule has 0 fully saturated rings. The summed E-state index contributed by atoms with van der Waals surface area (Å²) in [5.74, 6) is 0. The van der Waals surface area contributed by atoms with Gasteiger partial charge in [-0.1, -0.05) is 12.1 Å². The fourth-order valence-corrected chi connectivity index (χ4v) is 3.41. The van der Waals surface area contributed by atoms with E-state index in [0.717, 1.165) is 27.1 Å². The smallest absolute Gasteiger partial charge is 0.175 e. The minimum atomic E-state index is -3.17. The molecule has 2 heterocycles. The van der Waals surface area contributed by atoms with Crippen LogP contribution in [0, 0.1) is 0 Å². The van der Waals surface area contributed by atoms with Crippen molar-refractivity contribution in [3.63, 3.8) is 0 Å². The topological polar surface area (TPSA) is 52.0 Å². The fourth-order valence-electron chi connectivity index (χ4n) is 2.25. The second-order valence-electron chi connectivity index (χ2n) is 4.98. The van der Waals surface area contributed by atoms with Crippen LogP contribution in [0.25, 0.3) is 22.6 Å². The molecule has 2 aliphatic heterocycles. The minimum Gasteiger partial charge on any atom is -0.348 e. The third-order valence-corrected chi connectivity index (χ3v) is 4.89. The molecule has 6 heteroatoms. The average Bonchev–Trinajstić information content (AvgIpc) is 2.82. The van der Waals surface area contributed by atoms with E-state index in [4.69, 9.17) is 0 Å². The first-order valence-corrected chi connectivity index (χ1v) is 8.96. The second kappa shape index (κ2) is 4.96. The monoisotopic (exact) mass is 364 g/mol. The number of hydrogen-bond acceptors (Lipinski definition) is 3.